The third-order valence-electron chi connectivity index (χ3n) is 7.71. The first-order valence-corrected chi connectivity index (χ1v) is 14.0. The third-order valence-corrected chi connectivity index (χ3v) is 7.71. The Kier molecular flexibility index (Phi) is 8.60. The Balaban J connectivity index is 1.39. The predicted molar refractivity (Wildman–Crippen MR) is 160 cm³/mol. The van der Waals surface area contributed by atoms with Gasteiger partial charge in [0.05, 0.1) is 36.6 Å². The summed E-state index contributed by atoms with van der Waals surface area (Å²) in [4.78, 5) is 25.6. The predicted octanol–water partition coefficient (Wildman–Crippen LogP) is 6.08. The van der Waals surface area contributed by atoms with Crippen LogP contribution in [0.2, 0.25) is 0 Å². The minimum Gasteiger partial charge on any atom is -0.497 e. The van der Waals surface area contributed by atoms with Crippen LogP contribution in [0, 0.1) is 11.8 Å². The second-order valence-electron chi connectivity index (χ2n) is 10.9. The van der Waals surface area contributed by atoms with Crippen molar-refractivity contribution < 1.29 is 14.3 Å². The van der Waals surface area contributed by atoms with Gasteiger partial charge in [-0.2, -0.15) is 0 Å². The van der Waals surface area contributed by atoms with E-state index in [1.807, 2.05) is 66.7 Å². The number of aromatic nitrogens is 2. The molecule has 1 amide bonds. The fourth-order valence-electron chi connectivity index (χ4n) is 5.21. The topological polar surface area (TPSA) is 76.6 Å². The molecule has 7 nitrogen and oxygen atoms in total. The van der Waals surface area contributed by atoms with Gasteiger partial charge >= 0.3 is 0 Å². The summed E-state index contributed by atoms with van der Waals surface area (Å²) in [6.07, 6.45) is 2.52. The lowest BCUT2D eigenvalue weighted by atomic mass is 9.98. The van der Waals surface area contributed by atoms with Crippen molar-refractivity contribution >= 4 is 16.9 Å². The van der Waals surface area contributed by atoms with Gasteiger partial charge in [-0.3, -0.25) is 4.79 Å². The van der Waals surface area contributed by atoms with Crippen molar-refractivity contribution in [3.8, 4) is 34.0 Å². The minimum absolute atomic E-state index is 0.0898. The number of amides is 1. The molecule has 0 spiro atoms. The molecule has 7 heteroatoms. The van der Waals surface area contributed by atoms with E-state index in [2.05, 4.69) is 24.1 Å². The molecular formula is C33H38N4O3. The third kappa shape index (κ3) is 6.42. The van der Waals surface area contributed by atoms with Gasteiger partial charge in [0.15, 0.2) is 0 Å². The number of nitrogens with one attached hydrogen (secondary N) is 1. The fourth-order valence-corrected chi connectivity index (χ4v) is 5.21. The van der Waals surface area contributed by atoms with Crippen molar-refractivity contribution in [1.29, 1.82) is 0 Å². The molecule has 2 heterocycles. The molecule has 1 aliphatic rings. The second kappa shape index (κ2) is 12.5. The van der Waals surface area contributed by atoms with Crippen LogP contribution < -0.4 is 14.8 Å². The van der Waals surface area contributed by atoms with E-state index in [1.54, 1.807) is 14.2 Å². The summed E-state index contributed by atoms with van der Waals surface area (Å²) in [7, 11) is 3.30. The summed E-state index contributed by atoms with van der Waals surface area (Å²) in [6, 6.07) is 21.1. The Bertz CT molecular complexity index is 1450. The number of benzene rings is 3. The highest BCUT2D eigenvalue weighted by Crippen LogP contribution is 2.33. The zero-order valence-corrected chi connectivity index (χ0v) is 23.8. The average Bonchev–Trinajstić information content (AvgIpc) is 3.00. The number of piperidine rings is 1. The number of ether oxygens (including phenoxy) is 2. The van der Waals surface area contributed by atoms with Gasteiger partial charge in [0, 0.05) is 29.8 Å². The highest BCUT2D eigenvalue weighted by Gasteiger charge is 2.19. The number of methoxy groups -OCH3 is 2. The van der Waals surface area contributed by atoms with Crippen LogP contribution >= 0.6 is 0 Å². The number of carbonyl (C=O) groups excluding carboxylic acids is 1. The molecule has 1 atom stereocenters. The van der Waals surface area contributed by atoms with Crippen LogP contribution in [0.25, 0.3) is 33.5 Å². The standard InChI is InChI=1S/C33H38N4O3/c1-22-15-17-37(18-16-22)21-23(2)20-34-33(38)26-9-14-29-30(19-26)36-32(25-7-12-28(40-4)13-8-25)31(35-29)24-5-10-27(39-3)11-6-24/h5-14,19,22-23H,15-18,20-21H2,1-4H3,(H,34,38)/t23-/m0/s1. The number of nitrogens with zero attached hydrogens (tertiary/aromatic N) is 3. The lowest BCUT2D eigenvalue weighted by Gasteiger charge is -2.32. The van der Waals surface area contributed by atoms with Crippen molar-refractivity contribution in [3.05, 3.63) is 72.3 Å². The first kappa shape index (κ1) is 27.6. The number of fused-ring (bicyclic) bond motifs is 1. The molecule has 1 saturated heterocycles. The van der Waals surface area contributed by atoms with Crippen molar-refractivity contribution in [2.45, 2.75) is 26.7 Å². The monoisotopic (exact) mass is 538 g/mol. The van der Waals surface area contributed by atoms with Gasteiger partial charge < -0.3 is 19.7 Å². The zero-order chi connectivity index (χ0) is 28.1. The van der Waals surface area contributed by atoms with Crippen molar-refractivity contribution in [1.82, 2.24) is 20.2 Å². The van der Waals surface area contributed by atoms with E-state index in [0.717, 1.165) is 65.1 Å². The summed E-state index contributed by atoms with van der Waals surface area (Å²) in [5.74, 6) is 2.66. The molecule has 4 aromatic rings. The average molecular weight is 539 g/mol. The molecule has 3 aromatic carbocycles. The highest BCUT2D eigenvalue weighted by atomic mass is 16.5. The molecule has 0 radical (unpaired) electrons. The largest absolute Gasteiger partial charge is 0.497 e. The molecule has 0 saturated carbocycles. The van der Waals surface area contributed by atoms with Crippen LogP contribution in [-0.4, -0.2) is 61.2 Å². The fraction of sp³-hybridized carbons (Fsp3) is 0.364. The van der Waals surface area contributed by atoms with Crippen LogP contribution in [0.15, 0.2) is 66.7 Å². The van der Waals surface area contributed by atoms with Crippen molar-refractivity contribution in [2.24, 2.45) is 11.8 Å². The summed E-state index contributed by atoms with van der Waals surface area (Å²) in [5.41, 5.74) is 5.33. The van der Waals surface area contributed by atoms with E-state index in [4.69, 9.17) is 19.4 Å². The Morgan fingerprint density at radius 3 is 1.98 bits per heavy atom. The maximum absolute atomic E-state index is 13.1. The van der Waals surface area contributed by atoms with Crippen LogP contribution in [0.3, 0.4) is 0 Å². The Morgan fingerprint density at radius 2 is 1.43 bits per heavy atom. The molecule has 40 heavy (non-hydrogen) atoms. The molecule has 1 fully saturated rings. The van der Waals surface area contributed by atoms with E-state index in [-0.39, 0.29) is 5.91 Å². The molecule has 0 bridgehead atoms. The molecule has 1 aliphatic heterocycles. The summed E-state index contributed by atoms with van der Waals surface area (Å²) < 4.78 is 10.7. The van der Waals surface area contributed by atoms with Crippen LogP contribution in [-0.2, 0) is 0 Å². The normalized spacial score (nSPS) is 15.1. The molecular weight excluding hydrogens is 500 g/mol. The lowest BCUT2D eigenvalue weighted by molar-refractivity contribution is 0.0941. The summed E-state index contributed by atoms with van der Waals surface area (Å²) >= 11 is 0. The van der Waals surface area contributed by atoms with Crippen LogP contribution in [0.5, 0.6) is 11.5 Å². The molecule has 1 N–H and O–H groups in total. The Hall–Kier alpha value is -3.97. The molecule has 0 aliphatic carbocycles. The second-order valence-corrected chi connectivity index (χ2v) is 10.9. The number of carbonyl (C=O) groups is 1. The van der Waals surface area contributed by atoms with Gasteiger partial charge in [-0.05, 0) is 104 Å². The SMILES string of the molecule is COc1ccc(-c2nc3ccc(C(=O)NC[C@H](C)CN4CCC(C)CC4)cc3nc2-c2ccc(OC)cc2)cc1. The number of likely N-dealkylation sites (tertiary alicyclic amines) is 1. The van der Waals surface area contributed by atoms with Crippen molar-refractivity contribution in [2.75, 3.05) is 40.4 Å². The maximum atomic E-state index is 13.1. The van der Waals surface area contributed by atoms with E-state index < -0.39 is 0 Å². The van der Waals surface area contributed by atoms with Gasteiger partial charge in [0.2, 0.25) is 0 Å². The van der Waals surface area contributed by atoms with Gasteiger partial charge in [0.1, 0.15) is 11.5 Å². The van der Waals surface area contributed by atoms with Gasteiger partial charge in [-0.25, -0.2) is 9.97 Å². The van der Waals surface area contributed by atoms with E-state index in [0.29, 0.717) is 23.5 Å². The van der Waals surface area contributed by atoms with Gasteiger partial charge in [-0.15, -0.1) is 0 Å². The maximum Gasteiger partial charge on any atom is 0.251 e. The molecule has 5 rings (SSSR count). The van der Waals surface area contributed by atoms with E-state index in [9.17, 15) is 4.79 Å². The van der Waals surface area contributed by atoms with E-state index >= 15 is 0 Å². The van der Waals surface area contributed by atoms with E-state index in [1.165, 1.54) is 12.8 Å². The van der Waals surface area contributed by atoms with Gasteiger partial charge in [0.25, 0.3) is 5.91 Å². The highest BCUT2D eigenvalue weighted by molar-refractivity contribution is 5.98. The van der Waals surface area contributed by atoms with Crippen molar-refractivity contribution in [3.63, 3.8) is 0 Å². The van der Waals surface area contributed by atoms with Gasteiger partial charge in [-0.1, -0.05) is 13.8 Å². The smallest absolute Gasteiger partial charge is 0.251 e. The number of hydrogen-bond donors (Lipinski definition) is 1. The molecule has 1 aromatic heterocycles. The molecule has 208 valence electrons. The van der Waals surface area contributed by atoms with Crippen LogP contribution in [0.1, 0.15) is 37.0 Å². The lowest BCUT2D eigenvalue weighted by Crippen LogP contribution is -2.39. The molecule has 0 unspecified atom stereocenters. The minimum atomic E-state index is -0.0898. The number of rotatable bonds is 9. The summed E-state index contributed by atoms with van der Waals surface area (Å²) in [6.45, 7) is 8.48. The summed E-state index contributed by atoms with van der Waals surface area (Å²) in [5, 5.41) is 3.13. The van der Waals surface area contributed by atoms with Crippen LogP contribution in [0.4, 0.5) is 0 Å². The first-order valence-electron chi connectivity index (χ1n) is 14.0. The Labute approximate surface area is 236 Å². The quantitative estimate of drug-likeness (QED) is 0.278. The first-order chi connectivity index (χ1) is 19.4. The zero-order valence-electron chi connectivity index (χ0n) is 23.8. The Morgan fingerprint density at radius 1 is 0.875 bits per heavy atom. The number of hydrogen-bond acceptors (Lipinski definition) is 6.